The van der Waals surface area contributed by atoms with Gasteiger partial charge in [-0.1, -0.05) is 60.7 Å². The van der Waals surface area contributed by atoms with Crippen molar-refractivity contribution in [2.45, 2.75) is 25.3 Å². The van der Waals surface area contributed by atoms with Crippen molar-refractivity contribution in [3.05, 3.63) is 71.8 Å². The molecule has 4 amide bonds. The molecule has 2 aliphatic heterocycles. The van der Waals surface area contributed by atoms with Gasteiger partial charge in [-0.05, 0) is 30.9 Å². The van der Waals surface area contributed by atoms with Crippen LogP contribution in [0.4, 0.5) is 4.79 Å². The number of urea groups is 1. The number of hydrogen-bond acceptors (Lipinski definition) is 5. The molecule has 8 heteroatoms. The summed E-state index contributed by atoms with van der Waals surface area (Å²) in [6, 6.07) is 17.4. The molecule has 2 saturated heterocycles. The fourth-order valence-corrected chi connectivity index (χ4v) is 4.55. The zero-order chi connectivity index (χ0) is 23.4. The van der Waals surface area contributed by atoms with Crippen LogP contribution in [-0.4, -0.2) is 59.9 Å². The first kappa shape index (κ1) is 22.5. The predicted octanol–water partition coefficient (Wildman–Crippen LogP) is 2.28. The third-order valence-corrected chi connectivity index (χ3v) is 6.21. The van der Waals surface area contributed by atoms with E-state index < -0.39 is 23.4 Å². The molecule has 4 rings (SSSR count). The topological polar surface area (TPSA) is 96.0 Å². The zero-order valence-corrected chi connectivity index (χ0v) is 18.5. The van der Waals surface area contributed by atoms with Crippen molar-refractivity contribution in [2.24, 2.45) is 5.92 Å². The number of hydrogen-bond donors (Lipinski definition) is 1. The second kappa shape index (κ2) is 9.44. The molecule has 0 spiro atoms. The standard InChI is InChI=1S/C25H27N3O5/c1-2-33-22(30)18-10-9-15-27(16-18)21(29)17-28-23(31)25(26-24(28)32,19-11-5-3-6-12-19)20-13-7-4-8-14-20/h3-8,11-14,18H,2,9-10,15-17H2,1H3,(H,26,32)/t18-/m1/s1. The average Bonchev–Trinajstić information content (AvgIpc) is 3.11. The molecule has 33 heavy (non-hydrogen) atoms. The summed E-state index contributed by atoms with van der Waals surface area (Å²) < 4.78 is 5.10. The minimum absolute atomic E-state index is 0.226. The van der Waals surface area contributed by atoms with Crippen LogP contribution >= 0.6 is 0 Å². The van der Waals surface area contributed by atoms with Gasteiger partial charge in [-0.15, -0.1) is 0 Å². The lowest BCUT2D eigenvalue weighted by Crippen LogP contribution is -2.49. The Hall–Kier alpha value is -3.68. The molecule has 2 aliphatic rings. The minimum atomic E-state index is -1.41. The maximum Gasteiger partial charge on any atom is 0.326 e. The number of imide groups is 1. The van der Waals surface area contributed by atoms with Crippen LogP contribution < -0.4 is 5.32 Å². The summed E-state index contributed by atoms with van der Waals surface area (Å²) in [5, 5.41) is 2.84. The highest BCUT2D eigenvalue weighted by molar-refractivity contribution is 6.11. The molecule has 8 nitrogen and oxygen atoms in total. The van der Waals surface area contributed by atoms with E-state index in [-0.39, 0.29) is 31.6 Å². The van der Waals surface area contributed by atoms with E-state index in [2.05, 4.69) is 5.32 Å². The van der Waals surface area contributed by atoms with Crippen molar-refractivity contribution in [3.8, 4) is 0 Å². The molecule has 2 aromatic rings. The molecule has 1 N–H and O–H groups in total. The number of nitrogens with one attached hydrogen (secondary N) is 1. The van der Waals surface area contributed by atoms with Crippen molar-refractivity contribution >= 4 is 23.8 Å². The van der Waals surface area contributed by atoms with Crippen molar-refractivity contribution in [1.82, 2.24) is 15.1 Å². The lowest BCUT2D eigenvalue weighted by atomic mass is 9.82. The molecule has 172 valence electrons. The van der Waals surface area contributed by atoms with Crippen molar-refractivity contribution in [1.29, 1.82) is 0 Å². The number of ether oxygens (including phenoxy) is 1. The van der Waals surface area contributed by atoms with Crippen LogP contribution in [0.3, 0.4) is 0 Å². The van der Waals surface area contributed by atoms with Gasteiger partial charge < -0.3 is 15.0 Å². The van der Waals surface area contributed by atoms with Crippen LogP contribution in [0.5, 0.6) is 0 Å². The summed E-state index contributed by atoms with van der Waals surface area (Å²) in [6.45, 7) is 2.34. The SMILES string of the molecule is CCOC(=O)[C@@H]1CCCN(C(=O)CN2C(=O)NC(c3ccccc3)(c3ccccc3)C2=O)C1. The summed E-state index contributed by atoms with van der Waals surface area (Å²) in [5.41, 5.74) is -0.176. The Kier molecular flexibility index (Phi) is 6.44. The van der Waals surface area contributed by atoms with Crippen molar-refractivity contribution in [3.63, 3.8) is 0 Å². The van der Waals surface area contributed by atoms with Gasteiger partial charge in [0.1, 0.15) is 6.54 Å². The summed E-state index contributed by atoms with van der Waals surface area (Å²) in [5.74, 6) is -1.59. The van der Waals surface area contributed by atoms with Gasteiger partial charge in [0, 0.05) is 13.1 Å². The van der Waals surface area contributed by atoms with Gasteiger partial charge in [-0.25, -0.2) is 4.79 Å². The van der Waals surface area contributed by atoms with Crippen LogP contribution in [0.2, 0.25) is 0 Å². The highest BCUT2D eigenvalue weighted by Crippen LogP contribution is 2.36. The number of nitrogens with zero attached hydrogens (tertiary/aromatic N) is 2. The third-order valence-electron chi connectivity index (χ3n) is 6.21. The second-order valence-electron chi connectivity index (χ2n) is 8.23. The quantitative estimate of drug-likeness (QED) is 0.539. The maximum absolute atomic E-state index is 13.7. The third kappa shape index (κ3) is 4.20. The molecule has 0 saturated carbocycles. The van der Waals surface area contributed by atoms with E-state index in [4.69, 9.17) is 4.74 Å². The van der Waals surface area contributed by atoms with Crippen LogP contribution in [0.15, 0.2) is 60.7 Å². The van der Waals surface area contributed by atoms with Crippen LogP contribution in [0, 0.1) is 5.92 Å². The van der Waals surface area contributed by atoms with Crippen LogP contribution in [-0.2, 0) is 24.7 Å². The first-order valence-electron chi connectivity index (χ1n) is 11.2. The molecular formula is C25H27N3O5. The largest absolute Gasteiger partial charge is 0.466 e. The molecule has 0 bridgehead atoms. The lowest BCUT2D eigenvalue weighted by molar-refractivity contribution is -0.151. The minimum Gasteiger partial charge on any atom is -0.466 e. The molecule has 0 unspecified atom stereocenters. The summed E-state index contributed by atoms with van der Waals surface area (Å²) in [7, 11) is 0. The number of esters is 1. The predicted molar refractivity (Wildman–Crippen MR) is 120 cm³/mol. The van der Waals surface area contributed by atoms with Gasteiger partial charge in [0.2, 0.25) is 5.91 Å². The summed E-state index contributed by atoms with van der Waals surface area (Å²) >= 11 is 0. The maximum atomic E-state index is 13.7. The highest BCUT2D eigenvalue weighted by Gasteiger charge is 2.54. The van der Waals surface area contributed by atoms with E-state index in [0.717, 1.165) is 4.90 Å². The fourth-order valence-electron chi connectivity index (χ4n) is 4.55. The smallest absolute Gasteiger partial charge is 0.326 e. The van der Waals surface area contributed by atoms with E-state index >= 15 is 0 Å². The molecule has 2 heterocycles. The Balaban J connectivity index is 1.57. The number of carbonyl (C=O) groups is 4. The molecule has 2 fully saturated rings. The monoisotopic (exact) mass is 449 g/mol. The van der Waals surface area contributed by atoms with Gasteiger partial charge >= 0.3 is 12.0 Å². The Bertz CT molecular complexity index is 1000. The number of amides is 4. The zero-order valence-electron chi connectivity index (χ0n) is 18.5. The molecule has 0 aromatic heterocycles. The van der Waals surface area contributed by atoms with E-state index in [1.807, 2.05) is 12.1 Å². The first-order valence-corrected chi connectivity index (χ1v) is 11.2. The summed E-state index contributed by atoms with van der Waals surface area (Å²) in [4.78, 5) is 54.4. The van der Waals surface area contributed by atoms with Crippen LogP contribution in [0.1, 0.15) is 30.9 Å². The van der Waals surface area contributed by atoms with E-state index in [9.17, 15) is 19.2 Å². The summed E-state index contributed by atoms with van der Waals surface area (Å²) in [6.07, 6.45) is 1.31. The second-order valence-corrected chi connectivity index (χ2v) is 8.23. The normalized spacial score (nSPS) is 19.8. The Labute approximate surface area is 192 Å². The van der Waals surface area contributed by atoms with Gasteiger partial charge in [0.15, 0.2) is 5.54 Å². The van der Waals surface area contributed by atoms with Gasteiger partial charge in [-0.2, -0.15) is 0 Å². The number of benzene rings is 2. The van der Waals surface area contributed by atoms with E-state index in [1.54, 1.807) is 55.5 Å². The van der Waals surface area contributed by atoms with E-state index in [1.165, 1.54) is 4.90 Å². The molecule has 1 atom stereocenters. The van der Waals surface area contributed by atoms with Gasteiger partial charge in [-0.3, -0.25) is 19.3 Å². The Morgan fingerprint density at radius 2 is 1.64 bits per heavy atom. The van der Waals surface area contributed by atoms with Crippen molar-refractivity contribution in [2.75, 3.05) is 26.2 Å². The number of likely N-dealkylation sites (tertiary alicyclic amines) is 1. The number of rotatable bonds is 6. The van der Waals surface area contributed by atoms with E-state index in [0.29, 0.717) is 30.5 Å². The number of piperidine rings is 1. The van der Waals surface area contributed by atoms with Crippen molar-refractivity contribution < 1.29 is 23.9 Å². The molecule has 0 aliphatic carbocycles. The van der Waals surface area contributed by atoms with Gasteiger partial charge in [0.05, 0.1) is 12.5 Å². The Morgan fingerprint density at radius 3 is 2.21 bits per heavy atom. The molecule has 0 radical (unpaired) electrons. The van der Waals surface area contributed by atoms with Crippen LogP contribution in [0.25, 0.3) is 0 Å². The Morgan fingerprint density at radius 1 is 1.03 bits per heavy atom. The van der Waals surface area contributed by atoms with Gasteiger partial charge in [0.25, 0.3) is 5.91 Å². The number of carbonyl (C=O) groups excluding carboxylic acids is 4. The highest BCUT2D eigenvalue weighted by atomic mass is 16.5. The first-order chi connectivity index (χ1) is 16.0. The average molecular weight is 450 g/mol. The molecule has 2 aromatic carbocycles. The molecular weight excluding hydrogens is 422 g/mol. The lowest BCUT2D eigenvalue weighted by Gasteiger charge is -2.32. The fraction of sp³-hybridized carbons (Fsp3) is 0.360.